The molecule has 0 bridgehead atoms. The van der Waals surface area contributed by atoms with Crippen LogP contribution in [0.25, 0.3) is 0 Å². The van der Waals surface area contributed by atoms with E-state index < -0.39 is 11.6 Å². The second-order valence-electron chi connectivity index (χ2n) is 10.3. The van der Waals surface area contributed by atoms with Gasteiger partial charge in [-0.25, -0.2) is 0 Å². The molecule has 0 radical (unpaired) electrons. The molecule has 8 nitrogen and oxygen atoms in total. The van der Waals surface area contributed by atoms with Crippen molar-refractivity contribution in [3.63, 3.8) is 0 Å². The average Bonchev–Trinajstić information content (AvgIpc) is 3.16. The third kappa shape index (κ3) is 9.91. The molecule has 0 fully saturated rings. The number of ether oxygens (including phenoxy) is 1. The molecule has 2 rings (SSSR count). The van der Waals surface area contributed by atoms with Crippen LogP contribution >= 0.6 is 11.8 Å². The topological polar surface area (TPSA) is 98.3 Å². The molecule has 0 saturated carbocycles. The van der Waals surface area contributed by atoms with E-state index in [-0.39, 0.29) is 17.3 Å². The standard InChI is InChI=1S/C26H44N6O2S/c1-8-31(9-2)16-13-17-32-22(29-30-24(32)35-25(3,4)5)21(28-23(33)26(6,7)27)19-34-18-20-14-11-10-12-15-20/h10-12,14-15,21H,8-9,13,16-19,27H2,1-7H3,(H,28,33). The summed E-state index contributed by atoms with van der Waals surface area (Å²) in [5.41, 5.74) is 6.14. The summed E-state index contributed by atoms with van der Waals surface area (Å²) in [4.78, 5) is 15.3. The number of nitrogens with two attached hydrogens (primary N) is 1. The van der Waals surface area contributed by atoms with Crippen LogP contribution in [0.2, 0.25) is 0 Å². The van der Waals surface area contributed by atoms with Crippen molar-refractivity contribution in [1.82, 2.24) is 25.0 Å². The molecule has 0 aliphatic carbocycles. The molecule has 0 saturated heterocycles. The Morgan fingerprint density at radius 3 is 2.37 bits per heavy atom. The molecule has 0 aliphatic heterocycles. The number of hydrogen-bond acceptors (Lipinski definition) is 7. The first-order chi connectivity index (χ1) is 16.4. The van der Waals surface area contributed by atoms with Crippen molar-refractivity contribution in [3.05, 3.63) is 41.7 Å². The van der Waals surface area contributed by atoms with Gasteiger partial charge in [-0.15, -0.1) is 10.2 Å². The van der Waals surface area contributed by atoms with Crippen LogP contribution in [0.4, 0.5) is 0 Å². The van der Waals surface area contributed by atoms with Crippen molar-refractivity contribution in [2.45, 2.75) is 89.5 Å². The first-order valence-electron chi connectivity index (χ1n) is 12.5. The lowest BCUT2D eigenvalue weighted by atomic mass is 10.1. The summed E-state index contributed by atoms with van der Waals surface area (Å²) >= 11 is 1.68. The van der Waals surface area contributed by atoms with Crippen molar-refractivity contribution in [3.8, 4) is 0 Å². The van der Waals surface area contributed by atoms with Crippen LogP contribution in [0.15, 0.2) is 35.5 Å². The summed E-state index contributed by atoms with van der Waals surface area (Å²) in [6.45, 7) is 18.7. The van der Waals surface area contributed by atoms with Gasteiger partial charge in [0.2, 0.25) is 5.91 Å². The smallest absolute Gasteiger partial charge is 0.240 e. The van der Waals surface area contributed by atoms with Crippen LogP contribution in [0, 0.1) is 0 Å². The van der Waals surface area contributed by atoms with Gasteiger partial charge in [0.25, 0.3) is 0 Å². The third-order valence-electron chi connectivity index (χ3n) is 5.49. The number of nitrogens with zero attached hydrogens (tertiary/aromatic N) is 4. The minimum atomic E-state index is -1.02. The zero-order valence-electron chi connectivity index (χ0n) is 22.5. The Morgan fingerprint density at radius 1 is 1.14 bits per heavy atom. The summed E-state index contributed by atoms with van der Waals surface area (Å²) < 4.78 is 8.15. The van der Waals surface area contributed by atoms with E-state index in [2.05, 4.69) is 59.6 Å². The molecule has 0 aliphatic rings. The van der Waals surface area contributed by atoms with E-state index in [0.29, 0.717) is 12.4 Å². The number of carbonyl (C=O) groups excluding carboxylic acids is 1. The lowest BCUT2D eigenvalue weighted by Crippen LogP contribution is -2.51. The van der Waals surface area contributed by atoms with E-state index in [1.54, 1.807) is 25.6 Å². The minimum absolute atomic E-state index is 0.0251. The number of rotatable bonds is 14. The van der Waals surface area contributed by atoms with Gasteiger partial charge in [0.05, 0.1) is 18.8 Å². The minimum Gasteiger partial charge on any atom is -0.374 e. The van der Waals surface area contributed by atoms with E-state index in [1.165, 1.54) is 0 Å². The van der Waals surface area contributed by atoms with Crippen molar-refractivity contribution in [2.75, 3.05) is 26.2 Å². The van der Waals surface area contributed by atoms with Gasteiger partial charge in [-0.05, 0) is 45.5 Å². The van der Waals surface area contributed by atoms with Gasteiger partial charge in [0.1, 0.15) is 6.04 Å². The van der Waals surface area contributed by atoms with Crippen LogP contribution in [-0.2, 0) is 22.7 Å². The van der Waals surface area contributed by atoms with Crippen LogP contribution < -0.4 is 11.1 Å². The Balaban J connectivity index is 2.30. The number of thioether (sulfide) groups is 1. The molecule has 0 spiro atoms. The monoisotopic (exact) mass is 504 g/mol. The molecule has 3 N–H and O–H groups in total. The van der Waals surface area contributed by atoms with E-state index in [1.807, 2.05) is 30.3 Å². The quantitative estimate of drug-likeness (QED) is 0.375. The number of carbonyl (C=O) groups is 1. The maximum atomic E-state index is 12.8. The van der Waals surface area contributed by atoms with Gasteiger partial charge in [-0.1, -0.05) is 76.7 Å². The average molecular weight is 505 g/mol. The Bertz CT molecular complexity index is 901. The molecule has 1 unspecified atom stereocenters. The van der Waals surface area contributed by atoms with Gasteiger partial charge in [-0.2, -0.15) is 0 Å². The van der Waals surface area contributed by atoms with Crippen LogP contribution in [0.1, 0.15) is 72.3 Å². The van der Waals surface area contributed by atoms with E-state index >= 15 is 0 Å². The molecule has 1 heterocycles. The van der Waals surface area contributed by atoms with Crippen LogP contribution in [0.5, 0.6) is 0 Å². The maximum absolute atomic E-state index is 12.8. The number of benzene rings is 1. The van der Waals surface area contributed by atoms with Gasteiger partial charge in [0.15, 0.2) is 11.0 Å². The largest absolute Gasteiger partial charge is 0.374 e. The van der Waals surface area contributed by atoms with Gasteiger partial charge < -0.3 is 25.3 Å². The molecular formula is C26H44N6O2S. The highest BCUT2D eigenvalue weighted by Crippen LogP contribution is 2.32. The molecule has 9 heteroatoms. The predicted molar refractivity (Wildman–Crippen MR) is 143 cm³/mol. The summed E-state index contributed by atoms with van der Waals surface area (Å²) in [6, 6.07) is 9.51. The Labute approximate surface area is 215 Å². The highest BCUT2D eigenvalue weighted by atomic mass is 32.2. The number of nitrogens with one attached hydrogen (secondary N) is 1. The van der Waals surface area contributed by atoms with Crippen molar-refractivity contribution >= 4 is 17.7 Å². The van der Waals surface area contributed by atoms with Gasteiger partial charge in [-0.3, -0.25) is 4.79 Å². The second-order valence-corrected chi connectivity index (χ2v) is 12.1. The fourth-order valence-corrected chi connectivity index (χ4v) is 4.43. The van der Waals surface area contributed by atoms with Crippen LogP contribution in [0.3, 0.4) is 0 Å². The van der Waals surface area contributed by atoms with Gasteiger partial charge >= 0.3 is 0 Å². The molecule has 1 atom stereocenters. The predicted octanol–water partition coefficient (Wildman–Crippen LogP) is 4.01. The summed E-state index contributed by atoms with van der Waals surface area (Å²) in [7, 11) is 0. The summed E-state index contributed by atoms with van der Waals surface area (Å²) in [5.74, 6) is 0.440. The van der Waals surface area contributed by atoms with Gasteiger partial charge in [0, 0.05) is 11.3 Å². The highest BCUT2D eigenvalue weighted by Gasteiger charge is 2.30. The van der Waals surface area contributed by atoms with E-state index in [0.717, 1.165) is 43.3 Å². The zero-order chi connectivity index (χ0) is 26.1. The van der Waals surface area contributed by atoms with Crippen LogP contribution in [-0.4, -0.2) is 62.1 Å². The Hall–Kier alpha value is -1.94. The number of amides is 1. The molecule has 1 aromatic carbocycles. The van der Waals surface area contributed by atoms with Crippen molar-refractivity contribution < 1.29 is 9.53 Å². The lowest BCUT2D eigenvalue weighted by Gasteiger charge is -2.25. The highest BCUT2D eigenvalue weighted by molar-refractivity contribution is 8.00. The maximum Gasteiger partial charge on any atom is 0.240 e. The second kappa shape index (κ2) is 13.4. The first-order valence-corrected chi connectivity index (χ1v) is 13.3. The molecule has 2 aromatic rings. The third-order valence-corrected chi connectivity index (χ3v) is 6.59. The molecular weight excluding hydrogens is 460 g/mol. The Morgan fingerprint density at radius 2 is 1.80 bits per heavy atom. The normalized spacial score (nSPS) is 13.3. The summed E-state index contributed by atoms with van der Waals surface area (Å²) in [5, 5.41) is 13.0. The van der Waals surface area contributed by atoms with E-state index in [9.17, 15) is 4.79 Å². The Kier molecular flexibility index (Phi) is 11.2. The van der Waals surface area contributed by atoms with E-state index in [4.69, 9.17) is 10.5 Å². The molecule has 196 valence electrons. The SMILES string of the molecule is CCN(CC)CCCn1c(SC(C)(C)C)nnc1C(COCc1ccccc1)NC(=O)C(C)(C)N. The lowest BCUT2D eigenvalue weighted by molar-refractivity contribution is -0.126. The van der Waals surface area contributed by atoms with Crippen molar-refractivity contribution in [1.29, 1.82) is 0 Å². The number of aromatic nitrogens is 3. The zero-order valence-corrected chi connectivity index (χ0v) is 23.3. The van der Waals surface area contributed by atoms with Crippen molar-refractivity contribution in [2.24, 2.45) is 5.73 Å². The fourth-order valence-electron chi connectivity index (χ4n) is 3.50. The summed E-state index contributed by atoms with van der Waals surface area (Å²) in [6.07, 6.45) is 0.957. The molecule has 35 heavy (non-hydrogen) atoms. The molecule has 1 aromatic heterocycles. The fraction of sp³-hybridized carbons (Fsp3) is 0.654. The number of hydrogen-bond donors (Lipinski definition) is 2. The first kappa shape index (κ1) is 29.3. The molecule has 1 amide bonds.